The predicted molar refractivity (Wildman–Crippen MR) is 99.7 cm³/mol. The van der Waals surface area contributed by atoms with Crippen LogP contribution < -0.4 is 0 Å². The number of rotatable bonds is 3. The number of aromatic nitrogens is 1. The van der Waals surface area contributed by atoms with Crippen molar-refractivity contribution in [2.75, 3.05) is 13.1 Å². The van der Waals surface area contributed by atoms with E-state index in [1.165, 1.54) is 0 Å². The van der Waals surface area contributed by atoms with Crippen LogP contribution in [0.1, 0.15) is 23.8 Å². The fourth-order valence-electron chi connectivity index (χ4n) is 2.99. The fourth-order valence-corrected chi connectivity index (χ4v) is 7.24. The van der Waals surface area contributed by atoms with Crippen LogP contribution in [0.4, 0.5) is 0 Å². The van der Waals surface area contributed by atoms with E-state index in [9.17, 15) is 8.42 Å². The summed E-state index contributed by atoms with van der Waals surface area (Å²) in [7, 11) is -3.47. The molecule has 0 radical (unpaired) electrons. The largest absolute Gasteiger partial charge is 0.252 e. The Kier molecular flexibility index (Phi) is 4.38. The lowest BCUT2D eigenvalue weighted by Gasteiger charge is -2.30. The van der Waals surface area contributed by atoms with E-state index >= 15 is 0 Å². The van der Waals surface area contributed by atoms with Gasteiger partial charge in [0.25, 0.3) is 10.0 Å². The molecule has 1 fully saturated rings. The molecule has 3 heterocycles. The zero-order chi connectivity index (χ0) is 16.7. The highest BCUT2D eigenvalue weighted by Crippen LogP contribution is 2.36. The highest BCUT2D eigenvalue weighted by atomic mass is 35.5. The highest BCUT2D eigenvalue weighted by Gasteiger charge is 2.33. The molecular weight excluding hydrogens is 384 g/mol. The van der Waals surface area contributed by atoms with Gasteiger partial charge < -0.3 is 0 Å². The number of para-hydroxylation sites is 1. The number of piperidine rings is 1. The van der Waals surface area contributed by atoms with E-state index < -0.39 is 10.0 Å². The third-order valence-corrected chi connectivity index (χ3v) is 8.95. The molecule has 0 N–H and O–H groups in total. The van der Waals surface area contributed by atoms with Crippen molar-refractivity contribution in [3.8, 4) is 0 Å². The van der Waals surface area contributed by atoms with Gasteiger partial charge in [0.05, 0.1) is 19.6 Å². The molecule has 4 rings (SSSR count). The Hall–Kier alpha value is -0.990. The third-order valence-electron chi connectivity index (χ3n) is 4.19. The van der Waals surface area contributed by atoms with Crippen LogP contribution in [0.3, 0.4) is 0 Å². The van der Waals surface area contributed by atoms with Gasteiger partial charge in [0.2, 0.25) is 0 Å². The Morgan fingerprint density at radius 1 is 1.17 bits per heavy atom. The maximum absolute atomic E-state index is 12.8. The molecule has 0 aliphatic carbocycles. The molecule has 126 valence electrons. The van der Waals surface area contributed by atoms with Crippen molar-refractivity contribution in [1.29, 1.82) is 0 Å². The average Bonchev–Trinajstić information content (AvgIpc) is 3.21. The van der Waals surface area contributed by atoms with Crippen LogP contribution in [0.5, 0.6) is 0 Å². The van der Waals surface area contributed by atoms with Crippen LogP contribution in [0.25, 0.3) is 10.2 Å². The number of halogens is 1. The summed E-state index contributed by atoms with van der Waals surface area (Å²) in [4.78, 5) is 4.71. The standard InChI is InChI=1S/C16H15ClN2O2S3/c17-14-7-8-15(23-14)24(20,21)19-9-3-4-11(10-19)16-18-12-5-1-2-6-13(12)22-16/h1-2,5-8,11H,3-4,9-10H2. The molecule has 3 aromatic rings. The molecule has 1 aliphatic heterocycles. The van der Waals surface area contributed by atoms with E-state index in [1.807, 2.05) is 18.2 Å². The highest BCUT2D eigenvalue weighted by molar-refractivity contribution is 7.91. The van der Waals surface area contributed by atoms with E-state index in [1.54, 1.807) is 27.8 Å². The minimum atomic E-state index is -3.47. The minimum Gasteiger partial charge on any atom is -0.241 e. The van der Waals surface area contributed by atoms with Gasteiger partial charge in [-0.3, -0.25) is 0 Å². The lowest BCUT2D eigenvalue weighted by Crippen LogP contribution is -2.38. The number of hydrogen-bond donors (Lipinski definition) is 0. The Balaban J connectivity index is 1.61. The second-order valence-corrected chi connectivity index (χ2v) is 10.7. The Bertz CT molecular complexity index is 947. The van der Waals surface area contributed by atoms with E-state index in [2.05, 4.69) is 6.07 Å². The first-order chi connectivity index (χ1) is 11.5. The predicted octanol–water partition coefficient (Wildman–Crippen LogP) is 4.58. The Morgan fingerprint density at radius 3 is 2.75 bits per heavy atom. The normalized spacial score (nSPS) is 19.8. The summed E-state index contributed by atoms with van der Waals surface area (Å²) in [5, 5.41) is 1.03. The third kappa shape index (κ3) is 2.99. The van der Waals surface area contributed by atoms with E-state index in [0.29, 0.717) is 21.6 Å². The Morgan fingerprint density at radius 2 is 2.00 bits per heavy atom. The van der Waals surface area contributed by atoms with Gasteiger partial charge in [-0.2, -0.15) is 4.31 Å². The van der Waals surface area contributed by atoms with E-state index in [-0.39, 0.29) is 5.92 Å². The molecule has 1 aliphatic rings. The Labute approximate surface area is 153 Å². The van der Waals surface area contributed by atoms with Crippen LogP contribution in [0.2, 0.25) is 4.34 Å². The van der Waals surface area contributed by atoms with Crippen molar-refractivity contribution in [2.24, 2.45) is 0 Å². The van der Waals surface area contributed by atoms with Crippen molar-refractivity contribution in [3.05, 3.63) is 45.7 Å². The summed E-state index contributed by atoms with van der Waals surface area (Å²) < 4.78 is 29.2. The molecule has 1 aromatic carbocycles. The van der Waals surface area contributed by atoms with Crippen LogP contribution in [-0.2, 0) is 10.0 Å². The van der Waals surface area contributed by atoms with Crippen LogP contribution in [0, 0.1) is 0 Å². The smallest absolute Gasteiger partial charge is 0.241 e. The molecule has 0 saturated carbocycles. The van der Waals surface area contributed by atoms with Gasteiger partial charge in [0.1, 0.15) is 4.21 Å². The molecule has 1 unspecified atom stereocenters. The van der Waals surface area contributed by atoms with Gasteiger partial charge in [0, 0.05) is 19.0 Å². The van der Waals surface area contributed by atoms with Crippen molar-refractivity contribution >= 4 is 54.5 Å². The van der Waals surface area contributed by atoms with E-state index in [0.717, 1.165) is 39.4 Å². The van der Waals surface area contributed by atoms with Gasteiger partial charge >= 0.3 is 0 Å². The first-order valence-electron chi connectivity index (χ1n) is 7.65. The summed E-state index contributed by atoms with van der Waals surface area (Å²) in [6.45, 7) is 1.04. The number of thiophene rings is 1. The second-order valence-electron chi connectivity index (χ2n) is 5.78. The lowest BCUT2D eigenvalue weighted by atomic mass is 10.0. The van der Waals surface area contributed by atoms with Gasteiger partial charge in [0.15, 0.2) is 0 Å². The van der Waals surface area contributed by atoms with Crippen molar-refractivity contribution in [2.45, 2.75) is 23.0 Å². The SMILES string of the molecule is O=S(=O)(c1ccc(Cl)s1)N1CCCC(c2nc3ccccc3s2)C1. The molecule has 0 bridgehead atoms. The second kappa shape index (κ2) is 6.38. The van der Waals surface area contributed by atoms with Crippen molar-refractivity contribution < 1.29 is 8.42 Å². The molecule has 0 spiro atoms. The van der Waals surface area contributed by atoms with Gasteiger partial charge in [-0.1, -0.05) is 23.7 Å². The number of sulfonamides is 1. The summed E-state index contributed by atoms with van der Waals surface area (Å²) in [5.74, 6) is 0.154. The van der Waals surface area contributed by atoms with Crippen molar-refractivity contribution in [1.82, 2.24) is 9.29 Å². The molecule has 8 heteroatoms. The molecule has 24 heavy (non-hydrogen) atoms. The quantitative estimate of drug-likeness (QED) is 0.648. The zero-order valence-corrected chi connectivity index (χ0v) is 15.9. The van der Waals surface area contributed by atoms with Gasteiger partial charge in [-0.25, -0.2) is 13.4 Å². The maximum Gasteiger partial charge on any atom is 0.252 e. The van der Waals surface area contributed by atoms with Crippen LogP contribution in [0.15, 0.2) is 40.6 Å². The number of nitrogens with zero attached hydrogens (tertiary/aromatic N) is 2. The fraction of sp³-hybridized carbons (Fsp3) is 0.312. The summed E-state index contributed by atoms with van der Waals surface area (Å²) in [5.41, 5.74) is 0.988. The molecule has 2 aromatic heterocycles. The summed E-state index contributed by atoms with van der Waals surface area (Å²) >= 11 is 8.68. The van der Waals surface area contributed by atoms with Crippen LogP contribution >= 0.6 is 34.3 Å². The molecule has 0 amide bonds. The van der Waals surface area contributed by atoms with Gasteiger partial charge in [-0.15, -0.1) is 22.7 Å². The minimum absolute atomic E-state index is 0.154. The lowest BCUT2D eigenvalue weighted by molar-refractivity contribution is 0.316. The molecule has 4 nitrogen and oxygen atoms in total. The van der Waals surface area contributed by atoms with Crippen molar-refractivity contribution in [3.63, 3.8) is 0 Å². The van der Waals surface area contributed by atoms with Crippen LogP contribution in [-0.4, -0.2) is 30.8 Å². The maximum atomic E-state index is 12.8. The number of benzene rings is 1. The number of thiazole rings is 1. The summed E-state index contributed by atoms with van der Waals surface area (Å²) in [6.07, 6.45) is 1.82. The first kappa shape index (κ1) is 16.5. The average molecular weight is 399 g/mol. The van der Waals surface area contributed by atoms with E-state index in [4.69, 9.17) is 16.6 Å². The van der Waals surface area contributed by atoms with Gasteiger partial charge in [-0.05, 0) is 37.1 Å². The monoisotopic (exact) mass is 398 g/mol. The molecule has 1 saturated heterocycles. The number of fused-ring (bicyclic) bond motifs is 1. The topological polar surface area (TPSA) is 50.3 Å². The summed E-state index contributed by atoms with van der Waals surface area (Å²) in [6, 6.07) is 11.3. The molecular formula is C16H15ClN2O2S3. The molecule has 1 atom stereocenters. The first-order valence-corrected chi connectivity index (χ1v) is 11.1. The zero-order valence-electron chi connectivity index (χ0n) is 12.7. The number of hydrogen-bond acceptors (Lipinski definition) is 5.